The number of nitrogens with two attached hydrogens (primary N) is 1. The molecular formula is C14H13ClFN3O. The van der Waals surface area contributed by atoms with Gasteiger partial charge >= 0.3 is 0 Å². The smallest absolute Gasteiger partial charge is 0.274 e. The van der Waals surface area contributed by atoms with Crippen molar-refractivity contribution in [2.45, 2.75) is 6.54 Å². The minimum Gasteiger partial charge on any atom is -0.384 e. The molecule has 0 saturated heterocycles. The van der Waals surface area contributed by atoms with Gasteiger partial charge in [-0.15, -0.1) is 0 Å². The average molecular weight is 294 g/mol. The molecule has 1 aromatic heterocycles. The van der Waals surface area contributed by atoms with E-state index in [0.29, 0.717) is 5.56 Å². The normalized spacial score (nSPS) is 10.3. The number of amides is 1. The van der Waals surface area contributed by atoms with Gasteiger partial charge in [0.2, 0.25) is 0 Å². The maximum absolute atomic E-state index is 13.6. The number of nitrogens with zero attached hydrogens (tertiary/aromatic N) is 2. The van der Waals surface area contributed by atoms with Crippen molar-refractivity contribution in [1.29, 1.82) is 0 Å². The molecule has 104 valence electrons. The molecule has 0 aliphatic rings. The van der Waals surface area contributed by atoms with E-state index in [2.05, 4.69) is 4.98 Å². The van der Waals surface area contributed by atoms with Gasteiger partial charge in [0.05, 0.1) is 5.02 Å². The zero-order valence-electron chi connectivity index (χ0n) is 10.8. The number of carbonyl (C=O) groups is 1. The van der Waals surface area contributed by atoms with E-state index in [9.17, 15) is 9.18 Å². The summed E-state index contributed by atoms with van der Waals surface area (Å²) in [5, 5.41) is 0.213. The molecular weight excluding hydrogens is 281 g/mol. The van der Waals surface area contributed by atoms with Crippen molar-refractivity contribution >= 4 is 23.3 Å². The number of halogens is 2. The van der Waals surface area contributed by atoms with Gasteiger partial charge in [0.1, 0.15) is 17.3 Å². The van der Waals surface area contributed by atoms with E-state index in [-0.39, 0.29) is 28.9 Å². The van der Waals surface area contributed by atoms with Crippen LogP contribution in [-0.2, 0) is 6.54 Å². The molecule has 0 fully saturated rings. The van der Waals surface area contributed by atoms with Crippen LogP contribution in [0.1, 0.15) is 16.1 Å². The number of carbonyl (C=O) groups excluding carboxylic acids is 1. The lowest BCUT2D eigenvalue weighted by Gasteiger charge is -2.18. The SMILES string of the molecule is CN(Cc1ccccc1F)C(=O)c1nc(N)ccc1Cl. The standard InChI is InChI=1S/C14H13ClFN3O/c1-19(8-9-4-2-3-5-11(9)16)14(20)13-10(15)6-7-12(17)18-13/h2-7H,8H2,1H3,(H2,17,18). The van der Waals surface area contributed by atoms with Crippen LogP contribution in [0.3, 0.4) is 0 Å². The highest BCUT2D eigenvalue weighted by Crippen LogP contribution is 2.18. The highest BCUT2D eigenvalue weighted by molar-refractivity contribution is 6.33. The maximum Gasteiger partial charge on any atom is 0.274 e. The maximum atomic E-state index is 13.6. The Balaban J connectivity index is 2.21. The minimum atomic E-state index is -0.412. The molecule has 2 N–H and O–H groups in total. The van der Waals surface area contributed by atoms with Crippen LogP contribution in [0.5, 0.6) is 0 Å². The summed E-state index contributed by atoms with van der Waals surface area (Å²) in [6, 6.07) is 9.29. The van der Waals surface area contributed by atoms with E-state index < -0.39 is 5.91 Å². The summed E-state index contributed by atoms with van der Waals surface area (Å²) in [4.78, 5) is 17.5. The van der Waals surface area contributed by atoms with E-state index >= 15 is 0 Å². The summed E-state index contributed by atoms with van der Waals surface area (Å²) in [7, 11) is 1.55. The molecule has 0 unspecified atom stereocenters. The Morgan fingerprint density at radius 2 is 2.05 bits per heavy atom. The molecule has 0 radical (unpaired) electrons. The molecule has 2 aromatic rings. The molecule has 20 heavy (non-hydrogen) atoms. The van der Waals surface area contributed by atoms with Crippen molar-refractivity contribution in [2.24, 2.45) is 0 Å². The van der Waals surface area contributed by atoms with Gasteiger partial charge in [-0.2, -0.15) is 0 Å². The second-order valence-corrected chi connectivity index (χ2v) is 4.73. The largest absolute Gasteiger partial charge is 0.384 e. The first-order chi connectivity index (χ1) is 9.49. The van der Waals surface area contributed by atoms with Crippen LogP contribution >= 0.6 is 11.6 Å². The number of benzene rings is 1. The van der Waals surface area contributed by atoms with Crippen molar-refractivity contribution < 1.29 is 9.18 Å². The molecule has 0 bridgehead atoms. The van der Waals surface area contributed by atoms with E-state index in [1.165, 1.54) is 23.1 Å². The lowest BCUT2D eigenvalue weighted by Crippen LogP contribution is -2.28. The Morgan fingerprint density at radius 1 is 1.35 bits per heavy atom. The molecule has 0 aliphatic heterocycles. The summed E-state index contributed by atoms with van der Waals surface area (Å²) < 4.78 is 13.6. The van der Waals surface area contributed by atoms with Crippen molar-refractivity contribution in [3.63, 3.8) is 0 Å². The van der Waals surface area contributed by atoms with Gasteiger partial charge < -0.3 is 10.6 Å². The van der Waals surface area contributed by atoms with Crippen molar-refractivity contribution in [1.82, 2.24) is 9.88 Å². The summed E-state index contributed by atoms with van der Waals surface area (Å²) in [6.45, 7) is 0.123. The highest BCUT2D eigenvalue weighted by atomic mass is 35.5. The first-order valence-electron chi connectivity index (χ1n) is 5.90. The number of nitrogen functional groups attached to an aromatic ring is 1. The molecule has 0 atom stereocenters. The van der Waals surface area contributed by atoms with Crippen LogP contribution in [0.15, 0.2) is 36.4 Å². The third kappa shape index (κ3) is 3.05. The Labute approximate surface area is 121 Å². The Bertz CT molecular complexity index is 648. The summed E-state index contributed by atoms with van der Waals surface area (Å²) in [6.07, 6.45) is 0. The zero-order valence-corrected chi connectivity index (χ0v) is 11.6. The molecule has 0 saturated carbocycles. The number of anilines is 1. The van der Waals surface area contributed by atoms with Crippen LogP contribution < -0.4 is 5.73 Å². The highest BCUT2D eigenvalue weighted by Gasteiger charge is 2.18. The van der Waals surface area contributed by atoms with Crippen LogP contribution in [0.2, 0.25) is 5.02 Å². The van der Waals surface area contributed by atoms with Gasteiger partial charge in [0.25, 0.3) is 5.91 Å². The lowest BCUT2D eigenvalue weighted by molar-refractivity contribution is 0.0778. The first kappa shape index (κ1) is 14.3. The van der Waals surface area contributed by atoms with Gasteiger partial charge in [-0.05, 0) is 18.2 Å². The number of aromatic nitrogens is 1. The molecule has 6 heteroatoms. The molecule has 1 aromatic carbocycles. The fourth-order valence-electron chi connectivity index (χ4n) is 1.74. The minimum absolute atomic E-state index is 0.0607. The van der Waals surface area contributed by atoms with Crippen LogP contribution in [0, 0.1) is 5.82 Å². The molecule has 2 rings (SSSR count). The number of pyridine rings is 1. The number of rotatable bonds is 3. The summed E-state index contributed by atoms with van der Waals surface area (Å²) >= 11 is 5.93. The summed E-state index contributed by atoms with van der Waals surface area (Å²) in [5.41, 5.74) is 6.02. The van der Waals surface area contributed by atoms with E-state index in [4.69, 9.17) is 17.3 Å². The van der Waals surface area contributed by atoms with Gasteiger partial charge in [-0.3, -0.25) is 4.79 Å². The molecule has 1 amide bonds. The van der Waals surface area contributed by atoms with Crippen LogP contribution in [0.4, 0.5) is 10.2 Å². The van der Waals surface area contributed by atoms with Crippen LogP contribution in [-0.4, -0.2) is 22.8 Å². The number of hydrogen-bond donors (Lipinski definition) is 1. The predicted octanol–water partition coefficient (Wildman–Crippen LogP) is 2.73. The second kappa shape index (κ2) is 5.88. The van der Waals surface area contributed by atoms with Gasteiger partial charge in [0.15, 0.2) is 0 Å². The zero-order chi connectivity index (χ0) is 14.7. The van der Waals surface area contributed by atoms with E-state index in [1.54, 1.807) is 25.2 Å². The van der Waals surface area contributed by atoms with Crippen LogP contribution in [0.25, 0.3) is 0 Å². The van der Waals surface area contributed by atoms with Crippen molar-refractivity contribution in [3.05, 3.63) is 58.5 Å². The second-order valence-electron chi connectivity index (χ2n) is 4.32. The predicted molar refractivity (Wildman–Crippen MR) is 75.9 cm³/mol. The first-order valence-corrected chi connectivity index (χ1v) is 6.27. The van der Waals surface area contributed by atoms with Gasteiger partial charge in [0, 0.05) is 19.2 Å². The number of hydrogen-bond acceptors (Lipinski definition) is 3. The average Bonchev–Trinajstić information content (AvgIpc) is 2.43. The van der Waals surface area contributed by atoms with Gasteiger partial charge in [-0.25, -0.2) is 9.37 Å². The third-order valence-corrected chi connectivity index (χ3v) is 3.09. The molecule has 0 spiro atoms. The quantitative estimate of drug-likeness (QED) is 0.946. The van der Waals surface area contributed by atoms with Crippen molar-refractivity contribution in [3.8, 4) is 0 Å². The third-order valence-electron chi connectivity index (χ3n) is 2.78. The molecule has 4 nitrogen and oxygen atoms in total. The van der Waals surface area contributed by atoms with Gasteiger partial charge in [-0.1, -0.05) is 29.8 Å². The fourth-order valence-corrected chi connectivity index (χ4v) is 1.93. The summed E-state index contributed by atoms with van der Waals surface area (Å²) in [5.74, 6) is -0.568. The van der Waals surface area contributed by atoms with Crippen molar-refractivity contribution in [2.75, 3.05) is 12.8 Å². The monoisotopic (exact) mass is 293 g/mol. The Kier molecular flexibility index (Phi) is 4.20. The lowest BCUT2D eigenvalue weighted by atomic mass is 10.2. The molecule has 1 heterocycles. The Hall–Kier alpha value is -2.14. The van der Waals surface area contributed by atoms with E-state index in [1.807, 2.05) is 0 Å². The molecule has 0 aliphatic carbocycles. The topological polar surface area (TPSA) is 59.2 Å². The van der Waals surface area contributed by atoms with E-state index in [0.717, 1.165) is 0 Å². The fraction of sp³-hybridized carbons (Fsp3) is 0.143. The Morgan fingerprint density at radius 3 is 2.75 bits per heavy atom.